The van der Waals surface area contributed by atoms with Gasteiger partial charge in [-0.05, 0) is 12.8 Å². The first-order chi connectivity index (χ1) is 26.6. The van der Waals surface area contributed by atoms with E-state index in [-0.39, 0.29) is 25.6 Å². The zero-order chi connectivity index (χ0) is 40.3. The van der Waals surface area contributed by atoms with Gasteiger partial charge in [0.05, 0.1) is 26.4 Å². The van der Waals surface area contributed by atoms with Gasteiger partial charge < -0.3 is 64.2 Å². The van der Waals surface area contributed by atoms with Crippen LogP contribution < -0.4 is 0 Å². The number of aliphatic hydroxyl groups is 7. The average molecular weight is 795 g/mol. The standard InChI is InChI=1S/C41H78O14/c1-3-5-7-9-11-12-13-14-15-16-17-18-19-20-22-24-33(43)53-30(27-50-25-23-21-10-8-6-4-2)28-51-40-39(49)37(47)35(45)32(55-40)29-52-41-38(48)36(46)34(44)31(26-42)54-41/h30-32,34-42,44-49H,3-29H2,1-2H3. The van der Waals surface area contributed by atoms with Gasteiger partial charge in [-0.1, -0.05) is 136 Å². The van der Waals surface area contributed by atoms with Crippen LogP contribution in [0.15, 0.2) is 0 Å². The maximum Gasteiger partial charge on any atom is 0.306 e. The number of ether oxygens (including phenoxy) is 6. The molecular formula is C41H78O14. The van der Waals surface area contributed by atoms with Crippen LogP contribution in [0.1, 0.15) is 155 Å². The fourth-order valence-corrected chi connectivity index (χ4v) is 6.99. The van der Waals surface area contributed by atoms with E-state index in [4.69, 9.17) is 28.4 Å². The molecule has 14 nitrogen and oxygen atoms in total. The van der Waals surface area contributed by atoms with Crippen molar-refractivity contribution in [2.24, 2.45) is 0 Å². The van der Waals surface area contributed by atoms with Crippen molar-refractivity contribution in [3.05, 3.63) is 0 Å². The summed E-state index contributed by atoms with van der Waals surface area (Å²) >= 11 is 0. The van der Waals surface area contributed by atoms with Crippen LogP contribution in [0.25, 0.3) is 0 Å². The molecule has 0 amide bonds. The second-order valence-electron chi connectivity index (χ2n) is 15.5. The highest BCUT2D eigenvalue weighted by Gasteiger charge is 2.47. The minimum atomic E-state index is -1.70. The second-order valence-corrected chi connectivity index (χ2v) is 15.5. The minimum absolute atomic E-state index is 0.0667. The van der Waals surface area contributed by atoms with E-state index in [9.17, 15) is 40.5 Å². The first-order valence-electron chi connectivity index (χ1n) is 21.6. The Morgan fingerprint density at radius 2 is 0.964 bits per heavy atom. The Morgan fingerprint density at radius 3 is 1.47 bits per heavy atom. The lowest BCUT2D eigenvalue weighted by atomic mass is 9.98. The average Bonchev–Trinajstić information content (AvgIpc) is 3.18. The number of hydrogen-bond donors (Lipinski definition) is 7. The molecule has 2 heterocycles. The Balaban J connectivity index is 1.78. The number of hydrogen-bond acceptors (Lipinski definition) is 14. The zero-order valence-electron chi connectivity index (χ0n) is 33.9. The largest absolute Gasteiger partial charge is 0.457 e. The molecule has 0 aromatic rings. The van der Waals surface area contributed by atoms with Crippen LogP contribution in [-0.4, -0.2) is 142 Å². The van der Waals surface area contributed by atoms with Crippen molar-refractivity contribution in [2.75, 3.05) is 33.0 Å². The smallest absolute Gasteiger partial charge is 0.306 e. The van der Waals surface area contributed by atoms with Gasteiger partial charge in [0.1, 0.15) is 54.9 Å². The number of rotatable bonds is 33. The van der Waals surface area contributed by atoms with Crippen molar-refractivity contribution in [1.82, 2.24) is 0 Å². The number of carbonyl (C=O) groups excluding carboxylic acids is 1. The molecule has 7 N–H and O–H groups in total. The van der Waals surface area contributed by atoms with Crippen LogP contribution in [-0.2, 0) is 33.2 Å². The Morgan fingerprint density at radius 1 is 0.527 bits per heavy atom. The molecule has 2 rings (SSSR count). The lowest BCUT2D eigenvalue weighted by molar-refractivity contribution is -0.332. The molecule has 11 atom stereocenters. The van der Waals surface area contributed by atoms with E-state index in [0.29, 0.717) is 13.0 Å². The van der Waals surface area contributed by atoms with E-state index < -0.39 is 80.7 Å². The molecule has 2 saturated heterocycles. The number of unbranched alkanes of at least 4 members (excludes halogenated alkanes) is 19. The van der Waals surface area contributed by atoms with Crippen LogP contribution in [0, 0.1) is 0 Å². The van der Waals surface area contributed by atoms with Gasteiger partial charge in [0.15, 0.2) is 12.6 Å². The third-order valence-corrected chi connectivity index (χ3v) is 10.6. The molecule has 2 aliphatic rings. The highest BCUT2D eigenvalue weighted by molar-refractivity contribution is 5.69. The van der Waals surface area contributed by atoms with Gasteiger partial charge in [-0.2, -0.15) is 0 Å². The SMILES string of the molecule is CCCCCCCCCCCCCCCCCC(=O)OC(COCCCCCCCC)COC1OC(COC2OC(CO)C(O)C(O)C2O)C(O)C(O)C1O. The molecule has 0 radical (unpaired) electrons. The fraction of sp³-hybridized carbons (Fsp3) is 0.976. The molecule has 0 aromatic carbocycles. The lowest BCUT2D eigenvalue weighted by Crippen LogP contribution is -2.61. The van der Waals surface area contributed by atoms with Crippen LogP contribution in [0.2, 0.25) is 0 Å². The molecule has 0 bridgehead atoms. The summed E-state index contributed by atoms with van der Waals surface area (Å²) in [4.78, 5) is 12.9. The van der Waals surface area contributed by atoms with E-state index in [1.54, 1.807) is 0 Å². The lowest BCUT2D eigenvalue weighted by Gasteiger charge is -2.42. The predicted octanol–water partition coefficient (Wildman–Crippen LogP) is 4.18. The second kappa shape index (κ2) is 31.0. The van der Waals surface area contributed by atoms with E-state index in [1.165, 1.54) is 89.9 Å². The Hall–Kier alpha value is -1.01. The molecule has 55 heavy (non-hydrogen) atoms. The van der Waals surface area contributed by atoms with Gasteiger partial charge in [-0.3, -0.25) is 4.79 Å². The monoisotopic (exact) mass is 795 g/mol. The van der Waals surface area contributed by atoms with Gasteiger partial charge in [0.2, 0.25) is 0 Å². The van der Waals surface area contributed by atoms with Crippen molar-refractivity contribution in [3.63, 3.8) is 0 Å². The summed E-state index contributed by atoms with van der Waals surface area (Å²) in [5.74, 6) is -0.377. The van der Waals surface area contributed by atoms with Gasteiger partial charge >= 0.3 is 5.97 Å². The Bertz CT molecular complexity index is 927. The molecule has 0 saturated carbocycles. The first-order valence-corrected chi connectivity index (χ1v) is 21.6. The summed E-state index contributed by atoms with van der Waals surface area (Å²) in [7, 11) is 0. The van der Waals surface area contributed by atoms with Crippen LogP contribution in [0.3, 0.4) is 0 Å². The summed E-state index contributed by atoms with van der Waals surface area (Å²) in [6.45, 7) is 3.63. The summed E-state index contributed by atoms with van der Waals surface area (Å²) < 4.78 is 33.9. The maximum atomic E-state index is 12.9. The predicted molar refractivity (Wildman–Crippen MR) is 206 cm³/mol. The van der Waals surface area contributed by atoms with Crippen molar-refractivity contribution >= 4 is 5.97 Å². The molecule has 0 aromatic heterocycles. The van der Waals surface area contributed by atoms with Gasteiger partial charge in [0, 0.05) is 13.0 Å². The quantitative estimate of drug-likeness (QED) is 0.0367. The molecule has 0 spiro atoms. The van der Waals surface area contributed by atoms with Crippen molar-refractivity contribution in [1.29, 1.82) is 0 Å². The van der Waals surface area contributed by atoms with Crippen LogP contribution >= 0.6 is 0 Å². The van der Waals surface area contributed by atoms with E-state index in [1.807, 2.05) is 0 Å². The molecule has 2 aliphatic heterocycles. The molecule has 2 fully saturated rings. The van der Waals surface area contributed by atoms with E-state index >= 15 is 0 Å². The molecular weight excluding hydrogens is 716 g/mol. The zero-order valence-corrected chi connectivity index (χ0v) is 33.9. The molecule has 326 valence electrons. The highest BCUT2D eigenvalue weighted by atomic mass is 16.7. The molecule has 0 aliphatic carbocycles. The first kappa shape index (κ1) is 50.1. The third kappa shape index (κ3) is 20.5. The maximum absolute atomic E-state index is 12.9. The Labute approximate surface area is 330 Å². The number of esters is 1. The number of aliphatic hydroxyl groups excluding tert-OH is 7. The van der Waals surface area contributed by atoms with Crippen molar-refractivity contribution in [3.8, 4) is 0 Å². The summed E-state index contributed by atoms with van der Waals surface area (Å²) in [6.07, 6.45) is 9.18. The molecule has 14 heteroatoms. The Kier molecular flexibility index (Phi) is 28.2. The van der Waals surface area contributed by atoms with Gasteiger partial charge in [0.25, 0.3) is 0 Å². The summed E-state index contributed by atoms with van der Waals surface area (Å²) in [5.41, 5.74) is 0. The van der Waals surface area contributed by atoms with Crippen molar-refractivity contribution < 1.29 is 69.0 Å². The van der Waals surface area contributed by atoms with E-state index in [0.717, 1.165) is 38.5 Å². The van der Waals surface area contributed by atoms with Crippen LogP contribution in [0.5, 0.6) is 0 Å². The van der Waals surface area contributed by atoms with Gasteiger partial charge in [-0.15, -0.1) is 0 Å². The van der Waals surface area contributed by atoms with Gasteiger partial charge in [-0.25, -0.2) is 0 Å². The fourth-order valence-electron chi connectivity index (χ4n) is 6.99. The normalized spacial score (nSPS) is 29.0. The summed E-state index contributed by atoms with van der Waals surface area (Å²) in [6, 6.07) is 0. The molecule has 11 unspecified atom stereocenters. The van der Waals surface area contributed by atoms with Crippen LogP contribution in [0.4, 0.5) is 0 Å². The summed E-state index contributed by atoms with van der Waals surface area (Å²) in [5, 5.41) is 71.6. The third-order valence-electron chi connectivity index (χ3n) is 10.6. The highest BCUT2D eigenvalue weighted by Crippen LogP contribution is 2.26. The topological polar surface area (TPSA) is 214 Å². The number of carbonyl (C=O) groups is 1. The minimum Gasteiger partial charge on any atom is -0.457 e. The van der Waals surface area contributed by atoms with E-state index in [2.05, 4.69) is 13.8 Å². The van der Waals surface area contributed by atoms with Crippen molar-refractivity contribution in [2.45, 2.75) is 223 Å².